The summed E-state index contributed by atoms with van der Waals surface area (Å²) in [5.74, 6) is -0.974. The number of anilines is 1. The van der Waals surface area contributed by atoms with Gasteiger partial charge < -0.3 is 10.0 Å². The van der Waals surface area contributed by atoms with Crippen molar-refractivity contribution >= 4 is 23.3 Å². The summed E-state index contributed by atoms with van der Waals surface area (Å²) in [6.07, 6.45) is 0. The summed E-state index contributed by atoms with van der Waals surface area (Å²) >= 11 is 6.26. The van der Waals surface area contributed by atoms with Gasteiger partial charge in [0, 0.05) is 32.7 Å². The van der Waals surface area contributed by atoms with Gasteiger partial charge >= 0.3 is 5.97 Å². The molecule has 0 amide bonds. The second-order valence-corrected chi connectivity index (χ2v) is 6.40. The average molecular weight is 346 g/mol. The number of carboxylic acids is 1. The molecule has 0 radical (unpaired) electrons. The highest BCUT2D eigenvalue weighted by atomic mass is 35.5. The van der Waals surface area contributed by atoms with E-state index in [4.69, 9.17) is 11.6 Å². The first-order valence-electron chi connectivity index (χ1n) is 7.96. The van der Waals surface area contributed by atoms with Crippen molar-refractivity contribution in [3.8, 4) is 0 Å². The van der Waals surface area contributed by atoms with E-state index in [2.05, 4.69) is 14.8 Å². The fraction of sp³-hybridized carbons (Fsp3) is 0.333. The zero-order chi connectivity index (χ0) is 17.1. The lowest BCUT2D eigenvalue weighted by Crippen LogP contribution is -2.46. The van der Waals surface area contributed by atoms with Crippen LogP contribution >= 0.6 is 11.6 Å². The second kappa shape index (κ2) is 7.20. The number of aromatic nitrogens is 1. The van der Waals surface area contributed by atoms with Crippen LogP contribution in [0.25, 0.3) is 0 Å². The number of halogens is 1. The molecule has 0 spiro atoms. The smallest absolute Gasteiger partial charge is 0.354 e. The maximum absolute atomic E-state index is 11.2. The number of aromatic carboxylic acids is 1. The Morgan fingerprint density at radius 2 is 1.88 bits per heavy atom. The summed E-state index contributed by atoms with van der Waals surface area (Å²) in [6, 6.07) is 11.6. The third-order valence-corrected chi connectivity index (χ3v) is 4.63. The SMILES string of the molecule is Cc1ccc(CN2CCN(c3ccccc3Cl)CC2)nc1C(=O)O. The Labute approximate surface area is 146 Å². The Hall–Kier alpha value is -2.11. The quantitative estimate of drug-likeness (QED) is 0.923. The number of hydrogen-bond donors (Lipinski definition) is 1. The van der Waals surface area contributed by atoms with Crippen LogP contribution in [-0.2, 0) is 6.54 Å². The van der Waals surface area contributed by atoms with Crippen molar-refractivity contribution in [3.63, 3.8) is 0 Å². The molecule has 3 rings (SSSR count). The highest BCUT2D eigenvalue weighted by Crippen LogP contribution is 2.26. The van der Waals surface area contributed by atoms with Gasteiger partial charge in [-0.05, 0) is 30.7 Å². The molecule has 0 unspecified atom stereocenters. The fourth-order valence-electron chi connectivity index (χ4n) is 2.96. The van der Waals surface area contributed by atoms with Crippen molar-refractivity contribution in [2.24, 2.45) is 0 Å². The molecule has 1 aliphatic rings. The van der Waals surface area contributed by atoms with Crippen molar-refractivity contribution in [1.82, 2.24) is 9.88 Å². The number of pyridine rings is 1. The van der Waals surface area contributed by atoms with E-state index in [1.54, 1.807) is 6.92 Å². The molecule has 2 heterocycles. The standard InChI is InChI=1S/C18H20ClN3O2/c1-13-6-7-14(20-17(13)18(23)24)12-21-8-10-22(11-9-21)16-5-3-2-4-15(16)19/h2-7H,8-12H2,1H3,(H,23,24). The van der Waals surface area contributed by atoms with E-state index in [1.165, 1.54) is 0 Å². The first kappa shape index (κ1) is 16.7. The van der Waals surface area contributed by atoms with Crippen molar-refractivity contribution in [1.29, 1.82) is 0 Å². The van der Waals surface area contributed by atoms with E-state index in [1.807, 2.05) is 36.4 Å². The number of hydrogen-bond acceptors (Lipinski definition) is 4. The lowest BCUT2D eigenvalue weighted by molar-refractivity contribution is 0.0689. The molecule has 1 aromatic carbocycles. The highest BCUT2D eigenvalue weighted by molar-refractivity contribution is 6.33. The van der Waals surface area contributed by atoms with Crippen molar-refractivity contribution in [3.05, 3.63) is 58.4 Å². The summed E-state index contributed by atoms with van der Waals surface area (Å²) in [6.45, 7) is 5.99. The molecule has 126 valence electrons. The molecule has 0 bridgehead atoms. The molecule has 1 aromatic heterocycles. The lowest BCUT2D eigenvalue weighted by Gasteiger charge is -2.36. The van der Waals surface area contributed by atoms with Gasteiger partial charge in [0.2, 0.25) is 0 Å². The van der Waals surface area contributed by atoms with E-state index in [9.17, 15) is 9.90 Å². The number of nitrogens with zero attached hydrogens (tertiary/aromatic N) is 3. The van der Waals surface area contributed by atoms with E-state index >= 15 is 0 Å². The molecular weight excluding hydrogens is 326 g/mol. The zero-order valence-corrected chi connectivity index (χ0v) is 14.3. The molecule has 1 aliphatic heterocycles. The van der Waals surface area contributed by atoms with Gasteiger partial charge in [0.1, 0.15) is 0 Å². The van der Waals surface area contributed by atoms with Gasteiger partial charge in [0.25, 0.3) is 0 Å². The number of para-hydroxylation sites is 1. The van der Waals surface area contributed by atoms with Crippen LogP contribution in [0.4, 0.5) is 5.69 Å². The van der Waals surface area contributed by atoms with Crippen LogP contribution in [0.1, 0.15) is 21.7 Å². The molecule has 1 N–H and O–H groups in total. The van der Waals surface area contributed by atoms with E-state index in [-0.39, 0.29) is 5.69 Å². The maximum Gasteiger partial charge on any atom is 0.354 e. The number of carbonyl (C=O) groups is 1. The molecule has 0 aliphatic carbocycles. The van der Waals surface area contributed by atoms with Crippen LogP contribution in [0, 0.1) is 6.92 Å². The Morgan fingerprint density at radius 1 is 1.17 bits per heavy atom. The van der Waals surface area contributed by atoms with Crippen molar-refractivity contribution < 1.29 is 9.90 Å². The summed E-state index contributed by atoms with van der Waals surface area (Å²) in [4.78, 5) is 20.1. The number of piperazine rings is 1. The number of aryl methyl sites for hydroxylation is 1. The van der Waals surface area contributed by atoms with Gasteiger partial charge in [-0.15, -0.1) is 0 Å². The first-order chi connectivity index (χ1) is 11.5. The van der Waals surface area contributed by atoms with Crippen molar-refractivity contribution in [2.45, 2.75) is 13.5 Å². The minimum atomic E-state index is -0.974. The fourth-order valence-corrected chi connectivity index (χ4v) is 3.21. The van der Waals surface area contributed by atoms with Gasteiger partial charge in [-0.3, -0.25) is 4.90 Å². The maximum atomic E-state index is 11.2. The van der Waals surface area contributed by atoms with Crippen molar-refractivity contribution in [2.75, 3.05) is 31.1 Å². The van der Waals surface area contributed by atoms with E-state index in [0.29, 0.717) is 12.1 Å². The predicted octanol–water partition coefficient (Wildman–Crippen LogP) is 3.06. The molecule has 5 nitrogen and oxygen atoms in total. The molecule has 2 aromatic rings. The summed E-state index contributed by atoms with van der Waals surface area (Å²) < 4.78 is 0. The van der Waals surface area contributed by atoms with Gasteiger partial charge in [-0.2, -0.15) is 0 Å². The summed E-state index contributed by atoms with van der Waals surface area (Å²) in [7, 11) is 0. The highest BCUT2D eigenvalue weighted by Gasteiger charge is 2.19. The normalized spacial score (nSPS) is 15.5. The first-order valence-corrected chi connectivity index (χ1v) is 8.34. The van der Waals surface area contributed by atoms with Crippen LogP contribution in [-0.4, -0.2) is 47.1 Å². The van der Waals surface area contributed by atoms with Crippen LogP contribution in [0.3, 0.4) is 0 Å². The number of benzene rings is 1. The van der Waals surface area contributed by atoms with Crippen LogP contribution in [0.2, 0.25) is 5.02 Å². The predicted molar refractivity (Wildman–Crippen MR) is 94.9 cm³/mol. The molecule has 1 fully saturated rings. The van der Waals surface area contributed by atoms with Gasteiger partial charge in [0.15, 0.2) is 5.69 Å². The monoisotopic (exact) mass is 345 g/mol. The lowest BCUT2D eigenvalue weighted by atomic mass is 10.2. The molecule has 0 atom stereocenters. The van der Waals surface area contributed by atoms with Gasteiger partial charge in [-0.25, -0.2) is 9.78 Å². The number of carboxylic acid groups (broad SMARTS) is 1. The minimum Gasteiger partial charge on any atom is -0.477 e. The van der Waals surface area contributed by atoms with Crippen LogP contribution in [0.5, 0.6) is 0 Å². The van der Waals surface area contributed by atoms with Gasteiger partial charge in [0.05, 0.1) is 16.4 Å². The van der Waals surface area contributed by atoms with E-state index in [0.717, 1.165) is 42.6 Å². The van der Waals surface area contributed by atoms with E-state index < -0.39 is 5.97 Å². The Bertz CT molecular complexity index is 743. The van der Waals surface area contributed by atoms with Gasteiger partial charge in [-0.1, -0.05) is 29.8 Å². The largest absolute Gasteiger partial charge is 0.477 e. The topological polar surface area (TPSA) is 56.7 Å². The zero-order valence-electron chi connectivity index (χ0n) is 13.6. The van der Waals surface area contributed by atoms with Crippen LogP contribution < -0.4 is 4.90 Å². The Kier molecular flexibility index (Phi) is 5.02. The Morgan fingerprint density at radius 3 is 2.54 bits per heavy atom. The Balaban J connectivity index is 1.63. The molecular formula is C18H20ClN3O2. The molecule has 1 saturated heterocycles. The number of rotatable bonds is 4. The minimum absolute atomic E-state index is 0.141. The second-order valence-electron chi connectivity index (χ2n) is 5.99. The third kappa shape index (κ3) is 3.68. The molecule has 6 heteroatoms. The average Bonchev–Trinajstić information content (AvgIpc) is 2.58. The summed E-state index contributed by atoms with van der Waals surface area (Å²) in [5, 5.41) is 9.96. The van der Waals surface area contributed by atoms with Crippen LogP contribution in [0.15, 0.2) is 36.4 Å². The molecule has 24 heavy (non-hydrogen) atoms. The molecule has 0 saturated carbocycles. The third-order valence-electron chi connectivity index (χ3n) is 4.31. The summed E-state index contributed by atoms with van der Waals surface area (Å²) in [5.41, 5.74) is 2.70.